The number of halogens is 1. The standard InChI is InChI=1S/C9H9ClS/c10-9-6-2-1-4-8(9)5-3-7-11/h1-2,4,6-7H,3,5H2. The van der Waals surface area contributed by atoms with Crippen LogP contribution in [-0.4, -0.2) is 5.37 Å². The quantitative estimate of drug-likeness (QED) is 0.650. The molecule has 0 radical (unpaired) electrons. The van der Waals surface area contributed by atoms with Gasteiger partial charge in [-0.15, -0.1) is 0 Å². The maximum Gasteiger partial charge on any atom is 0.0438 e. The van der Waals surface area contributed by atoms with Gasteiger partial charge in [0.05, 0.1) is 0 Å². The summed E-state index contributed by atoms with van der Waals surface area (Å²) >= 11 is 10.6. The summed E-state index contributed by atoms with van der Waals surface area (Å²) < 4.78 is 0. The highest BCUT2D eigenvalue weighted by Crippen LogP contribution is 2.15. The Labute approximate surface area is 77.2 Å². The molecule has 0 N–H and O–H groups in total. The highest BCUT2D eigenvalue weighted by molar-refractivity contribution is 7.78. The number of hydrogen-bond donors (Lipinski definition) is 0. The molecule has 0 unspecified atom stereocenters. The lowest BCUT2D eigenvalue weighted by Gasteiger charge is -1.99. The lowest BCUT2D eigenvalue weighted by molar-refractivity contribution is 1.07. The molecule has 0 spiro atoms. The van der Waals surface area contributed by atoms with Crippen LogP contribution in [0.2, 0.25) is 5.02 Å². The second kappa shape index (κ2) is 4.47. The molecule has 0 atom stereocenters. The molecule has 2 heteroatoms. The number of aryl methyl sites for hydroxylation is 1. The van der Waals surface area contributed by atoms with Crippen molar-refractivity contribution in [2.75, 3.05) is 0 Å². The van der Waals surface area contributed by atoms with Gasteiger partial charge in [-0.05, 0) is 29.8 Å². The van der Waals surface area contributed by atoms with Crippen LogP contribution in [0.3, 0.4) is 0 Å². The first-order chi connectivity index (χ1) is 5.34. The third-order valence-electron chi connectivity index (χ3n) is 1.49. The summed E-state index contributed by atoms with van der Waals surface area (Å²) in [5.74, 6) is 0. The fourth-order valence-corrected chi connectivity index (χ4v) is 1.26. The fraction of sp³-hybridized carbons (Fsp3) is 0.222. The summed E-state index contributed by atoms with van der Waals surface area (Å²) in [7, 11) is 0. The van der Waals surface area contributed by atoms with Crippen LogP contribution in [-0.2, 0) is 6.42 Å². The Bertz CT molecular complexity index is 245. The topological polar surface area (TPSA) is 0 Å². The van der Waals surface area contributed by atoms with Crippen molar-refractivity contribution in [3.05, 3.63) is 34.9 Å². The summed E-state index contributed by atoms with van der Waals surface area (Å²) in [6.45, 7) is 0. The monoisotopic (exact) mass is 184 g/mol. The highest BCUT2D eigenvalue weighted by atomic mass is 35.5. The molecule has 0 aliphatic heterocycles. The minimum atomic E-state index is 0.837. The van der Waals surface area contributed by atoms with Gasteiger partial charge in [-0.25, -0.2) is 0 Å². The molecule has 0 saturated carbocycles. The normalized spacial score (nSPS) is 9.55. The van der Waals surface area contributed by atoms with E-state index in [1.165, 1.54) is 5.56 Å². The predicted octanol–water partition coefficient (Wildman–Crippen LogP) is 3.27. The molecule has 1 aromatic rings. The second-order valence-corrected chi connectivity index (χ2v) is 3.04. The number of benzene rings is 1. The Balaban J connectivity index is 2.69. The van der Waals surface area contributed by atoms with Gasteiger partial charge in [-0.3, -0.25) is 0 Å². The molecule has 0 nitrogen and oxygen atoms in total. The van der Waals surface area contributed by atoms with Crippen LogP contribution in [0.15, 0.2) is 24.3 Å². The molecule has 58 valence electrons. The van der Waals surface area contributed by atoms with Crippen LogP contribution in [0, 0.1) is 0 Å². The molecule has 1 aromatic carbocycles. The van der Waals surface area contributed by atoms with Gasteiger partial charge < -0.3 is 0 Å². The molecular weight excluding hydrogens is 176 g/mol. The molecule has 0 aliphatic rings. The van der Waals surface area contributed by atoms with Crippen molar-refractivity contribution < 1.29 is 0 Å². The van der Waals surface area contributed by atoms with Crippen molar-refractivity contribution >= 4 is 29.2 Å². The average Bonchev–Trinajstić information content (AvgIpc) is 2.03. The minimum absolute atomic E-state index is 0.837. The van der Waals surface area contributed by atoms with Gasteiger partial charge in [-0.1, -0.05) is 42.0 Å². The fourth-order valence-electron chi connectivity index (χ4n) is 0.916. The van der Waals surface area contributed by atoms with Gasteiger partial charge in [0.15, 0.2) is 0 Å². The Morgan fingerprint density at radius 3 is 2.73 bits per heavy atom. The SMILES string of the molecule is S=CCCc1ccccc1Cl. The van der Waals surface area contributed by atoms with Crippen molar-refractivity contribution in [2.24, 2.45) is 0 Å². The zero-order valence-corrected chi connectivity index (χ0v) is 7.66. The zero-order chi connectivity index (χ0) is 8.10. The Hall–Kier alpha value is -0.400. The molecule has 1 rings (SSSR count). The van der Waals surface area contributed by atoms with Crippen LogP contribution in [0.1, 0.15) is 12.0 Å². The molecule has 0 bridgehead atoms. The molecule has 0 fully saturated rings. The van der Waals surface area contributed by atoms with Gasteiger partial charge in [0.1, 0.15) is 0 Å². The van der Waals surface area contributed by atoms with E-state index >= 15 is 0 Å². The van der Waals surface area contributed by atoms with Crippen molar-refractivity contribution in [2.45, 2.75) is 12.8 Å². The molecule has 0 amide bonds. The molecule has 0 saturated heterocycles. The number of thiocarbonyl (C=S) groups is 1. The second-order valence-electron chi connectivity index (χ2n) is 2.30. The lowest BCUT2D eigenvalue weighted by atomic mass is 10.1. The summed E-state index contributed by atoms with van der Waals surface area (Å²) in [6.07, 6.45) is 1.86. The molecule has 0 aliphatic carbocycles. The van der Waals surface area contributed by atoms with Crippen LogP contribution < -0.4 is 0 Å². The third kappa shape index (κ3) is 2.60. The molecular formula is C9H9ClS. The van der Waals surface area contributed by atoms with Crippen molar-refractivity contribution in [3.63, 3.8) is 0 Å². The van der Waals surface area contributed by atoms with E-state index in [0.717, 1.165) is 17.9 Å². The summed E-state index contributed by atoms with van der Waals surface area (Å²) in [6, 6.07) is 7.86. The maximum atomic E-state index is 5.91. The van der Waals surface area contributed by atoms with Crippen LogP contribution in [0.5, 0.6) is 0 Å². The zero-order valence-electron chi connectivity index (χ0n) is 6.09. The van der Waals surface area contributed by atoms with Crippen LogP contribution >= 0.6 is 23.8 Å². The van der Waals surface area contributed by atoms with Gasteiger partial charge in [0, 0.05) is 5.02 Å². The minimum Gasteiger partial charge on any atom is -0.0935 e. The number of hydrogen-bond acceptors (Lipinski definition) is 1. The first kappa shape index (κ1) is 8.69. The number of rotatable bonds is 3. The maximum absolute atomic E-state index is 5.91. The van der Waals surface area contributed by atoms with Gasteiger partial charge in [0.25, 0.3) is 0 Å². The van der Waals surface area contributed by atoms with Gasteiger partial charge >= 0.3 is 0 Å². The van der Waals surface area contributed by atoms with Gasteiger partial charge in [-0.2, -0.15) is 0 Å². The van der Waals surface area contributed by atoms with E-state index in [2.05, 4.69) is 0 Å². The Morgan fingerprint density at radius 1 is 1.36 bits per heavy atom. The summed E-state index contributed by atoms with van der Waals surface area (Å²) in [4.78, 5) is 0. The first-order valence-electron chi connectivity index (χ1n) is 3.51. The lowest BCUT2D eigenvalue weighted by Crippen LogP contribution is -1.85. The Morgan fingerprint density at radius 2 is 2.09 bits per heavy atom. The van der Waals surface area contributed by atoms with E-state index < -0.39 is 0 Å². The Kier molecular flexibility index (Phi) is 3.53. The van der Waals surface area contributed by atoms with Crippen molar-refractivity contribution in [1.29, 1.82) is 0 Å². The van der Waals surface area contributed by atoms with E-state index in [4.69, 9.17) is 23.8 Å². The third-order valence-corrected chi connectivity index (χ3v) is 2.09. The van der Waals surface area contributed by atoms with Crippen molar-refractivity contribution in [3.8, 4) is 0 Å². The predicted molar refractivity (Wildman–Crippen MR) is 53.4 cm³/mol. The average molecular weight is 185 g/mol. The summed E-state index contributed by atoms with van der Waals surface area (Å²) in [5.41, 5.74) is 1.18. The highest BCUT2D eigenvalue weighted by Gasteiger charge is 1.95. The van der Waals surface area contributed by atoms with E-state index in [1.54, 1.807) is 5.37 Å². The molecule has 0 aromatic heterocycles. The molecule has 0 heterocycles. The van der Waals surface area contributed by atoms with E-state index in [0.29, 0.717) is 0 Å². The van der Waals surface area contributed by atoms with E-state index in [1.807, 2.05) is 24.3 Å². The van der Waals surface area contributed by atoms with Crippen LogP contribution in [0.4, 0.5) is 0 Å². The summed E-state index contributed by atoms with van der Waals surface area (Å²) in [5, 5.41) is 2.58. The first-order valence-corrected chi connectivity index (χ1v) is 4.36. The molecule has 11 heavy (non-hydrogen) atoms. The smallest absolute Gasteiger partial charge is 0.0438 e. The van der Waals surface area contributed by atoms with E-state index in [-0.39, 0.29) is 0 Å². The van der Waals surface area contributed by atoms with Crippen molar-refractivity contribution in [1.82, 2.24) is 0 Å². The van der Waals surface area contributed by atoms with E-state index in [9.17, 15) is 0 Å². The van der Waals surface area contributed by atoms with Crippen LogP contribution in [0.25, 0.3) is 0 Å². The van der Waals surface area contributed by atoms with Gasteiger partial charge in [0.2, 0.25) is 0 Å². The largest absolute Gasteiger partial charge is 0.0935 e.